The average Bonchev–Trinajstić information content (AvgIpc) is 2.20. The number of carbonyl (C=O) groups is 3. The third kappa shape index (κ3) is 7.59. The zero-order valence-electron chi connectivity index (χ0n) is 10.5. The first kappa shape index (κ1) is 15.7. The number of ketones is 1. The molecule has 0 spiro atoms. The molecule has 0 saturated carbocycles. The van der Waals surface area contributed by atoms with E-state index in [-0.39, 0.29) is 18.2 Å². The van der Waals surface area contributed by atoms with Gasteiger partial charge in [-0.2, -0.15) is 0 Å². The van der Waals surface area contributed by atoms with Gasteiger partial charge in [0.1, 0.15) is 12.1 Å². The van der Waals surface area contributed by atoms with Gasteiger partial charge in [0.15, 0.2) is 0 Å². The number of primary amides is 1. The first-order valence-electron chi connectivity index (χ1n) is 5.61. The molecule has 0 aliphatic carbocycles. The van der Waals surface area contributed by atoms with Crippen molar-refractivity contribution < 1.29 is 14.4 Å². The van der Waals surface area contributed by atoms with Crippen LogP contribution in [0.15, 0.2) is 0 Å². The molecule has 0 fully saturated rings. The van der Waals surface area contributed by atoms with E-state index in [1.54, 1.807) is 0 Å². The summed E-state index contributed by atoms with van der Waals surface area (Å²) in [4.78, 5) is 32.7. The highest BCUT2D eigenvalue weighted by atomic mass is 16.1. The molecule has 2 atom stereocenters. The van der Waals surface area contributed by atoms with Crippen molar-refractivity contribution in [3.8, 4) is 0 Å². The molecule has 0 aromatic rings. The molecule has 6 heteroatoms. The smallest absolute Gasteiger partial charge is 0.219 e. The van der Waals surface area contributed by atoms with Crippen molar-refractivity contribution in [2.24, 2.45) is 11.7 Å². The largest absolute Gasteiger partial charge is 0.370 e. The lowest BCUT2D eigenvalue weighted by molar-refractivity contribution is -0.125. The normalized spacial score (nSPS) is 14.4. The molecule has 98 valence electrons. The quantitative estimate of drug-likeness (QED) is 0.375. The molecule has 0 aromatic heterocycles. The van der Waals surface area contributed by atoms with Crippen molar-refractivity contribution in [3.05, 3.63) is 0 Å². The first-order chi connectivity index (χ1) is 7.86. The Morgan fingerprint density at radius 1 is 1.29 bits per heavy atom. The fourth-order valence-corrected chi connectivity index (χ4v) is 1.36. The lowest BCUT2D eigenvalue weighted by Crippen LogP contribution is -2.51. The maximum Gasteiger partial charge on any atom is 0.219 e. The predicted octanol–water partition coefficient (Wildman–Crippen LogP) is -0.473. The average molecular weight is 243 g/mol. The predicted molar refractivity (Wildman–Crippen MR) is 63.9 cm³/mol. The molecule has 0 aliphatic rings. The fraction of sp³-hybridized carbons (Fsp3) is 0.727. The Balaban J connectivity index is 4.22. The second kappa shape index (κ2) is 7.92. The third-order valence-corrected chi connectivity index (χ3v) is 2.23. The number of nitrogens with two attached hydrogens (primary N) is 1. The van der Waals surface area contributed by atoms with E-state index in [4.69, 9.17) is 5.73 Å². The molecule has 0 heterocycles. The van der Waals surface area contributed by atoms with Crippen LogP contribution < -0.4 is 16.6 Å². The summed E-state index contributed by atoms with van der Waals surface area (Å²) in [5, 5.41) is 0. The number of carbonyl (C=O) groups excluding carboxylic acids is 3. The molecule has 0 bridgehead atoms. The molecule has 0 aromatic carbocycles. The number of hydrogen-bond acceptors (Lipinski definition) is 5. The van der Waals surface area contributed by atoms with Crippen molar-refractivity contribution in [3.63, 3.8) is 0 Å². The van der Waals surface area contributed by atoms with Gasteiger partial charge in [0, 0.05) is 0 Å². The van der Waals surface area contributed by atoms with Crippen molar-refractivity contribution in [2.45, 2.75) is 45.7 Å². The highest BCUT2D eigenvalue weighted by Gasteiger charge is 2.18. The number of aldehydes is 1. The summed E-state index contributed by atoms with van der Waals surface area (Å²) in [5.74, 6) is -0.414. The number of Topliss-reactive ketones (excluding diaryl/α,β-unsaturated/α-hetero) is 1. The second-order valence-electron chi connectivity index (χ2n) is 4.49. The zero-order valence-corrected chi connectivity index (χ0v) is 10.5. The Labute approximate surface area is 101 Å². The van der Waals surface area contributed by atoms with Gasteiger partial charge in [-0.1, -0.05) is 13.8 Å². The molecular weight excluding hydrogens is 222 g/mol. The molecule has 6 nitrogen and oxygen atoms in total. The summed E-state index contributed by atoms with van der Waals surface area (Å²) in [6.45, 7) is 5.34. The van der Waals surface area contributed by atoms with Crippen molar-refractivity contribution >= 4 is 18.0 Å². The van der Waals surface area contributed by atoms with Crippen molar-refractivity contribution in [1.29, 1.82) is 0 Å². The van der Waals surface area contributed by atoms with Gasteiger partial charge in [-0.25, -0.2) is 10.9 Å². The molecule has 0 rings (SSSR count). The topological polar surface area (TPSA) is 101 Å². The minimum atomic E-state index is -0.692. The first-order valence-corrected chi connectivity index (χ1v) is 5.61. The number of amides is 1. The summed E-state index contributed by atoms with van der Waals surface area (Å²) in [6, 6.07) is -1.08. The van der Waals surface area contributed by atoms with Gasteiger partial charge in [-0.05, 0) is 19.3 Å². The Morgan fingerprint density at radius 3 is 2.24 bits per heavy atom. The number of nitrogens with one attached hydrogen (secondary N) is 2. The summed E-state index contributed by atoms with van der Waals surface area (Å²) >= 11 is 0. The van der Waals surface area contributed by atoms with Crippen LogP contribution in [0.5, 0.6) is 0 Å². The maximum absolute atomic E-state index is 11.2. The van der Waals surface area contributed by atoms with Crippen LogP contribution in [0.2, 0.25) is 0 Å². The summed E-state index contributed by atoms with van der Waals surface area (Å²) in [5.41, 5.74) is 10.4. The van der Waals surface area contributed by atoms with Crippen LogP contribution in [0.1, 0.15) is 33.6 Å². The van der Waals surface area contributed by atoms with E-state index in [1.807, 2.05) is 13.8 Å². The van der Waals surface area contributed by atoms with Crippen LogP contribution in [0, 0.1) is 5.92 Å². The van der Waals surface area contributed by atoms with Gasteiger partial charge in [-0.15, -0.1) is 0 Å². The summed E-state index contributed by atoms with van der Waals surface area (Å²) in [7, 11) is 0. The minimum absolute atomic E-state index is 0.0877. The van der Waals surface area contributed by atoms with E-state index in [0.29, 0.717) is 12.3 Å². The maximum atomic E-state index is 11.2. The Kier molecular flexibility index (Phi) is 7.32. The molecular formula is C11H21N3O3. The van der Waals surface area contributed by atoms with Crippen molar-refractivity contribution in [1.82, 2.24) is 10.9 Å². The van der Waals surface area contributed by atoms with E-state index in [1.165, 1.54) is 6.92 Å². The van der Waals surface area contributed by atoms with Crippen LogP contribution in [-0.4, -0.2) is 30.1 Å². The van der Waals surface area contributed by atoms with Gasteiger partial charge in [0.25, 0.3) is 0 Å². The zero-order chi connectivity index (χ0) is 13.4. The van der Waals surface area contributed by atoms with Crippen LogP contribution in [0.25, 0.3) is 0 Å². The number of hydrazine groups is 1. The van der Waals surface area contributed by atoms with Crippen LogP contribution in [0.3, 0.4) is 0 Å². The Morgan fingerprint density at radius 2 is 1.88 bits per heavy atom. The minimum Gasteiger partial charge on any atom is -0.370 e. The van der Waals surface area contributed by atoms with Crippen LogP contribution in [0.4, 0.5) is 0 Å². The highest BCUT2D eigenvalue weighted by molar-refractivity contribution is 5.87. The van der Waals surface area contributed by atoms with Crippen LogP contribution >= 0.6 is 0 Å². The fourth-order valence-electron chi connectivity index (χ4n) is 1.36. The highest BCUT2D eigenvalue weighted by Crippen LogP contribution is 2.02. The lowest BCUT2D eigenvalue weighted by atomic mass is 10.1. The van der Waals surface area contributed by atoms with Gasteiger partial charge < -0.3 is 10.5 Å². The van der Waals surface area contributed by atoms with Crippen LogP contribution in [-0.2, 0) is 14.4 Å². The van der Waals surface area contributed by atoms with E-state index in [2.05, 4.69) is 10.9 Å². The molecule has 0 unspecified atom stereocenters. The van der Waals surface area contributed by atoms with E-state index >= 15 is 0 Å². The lowest BCUT2D eigenvalue weighted by Gasteiger charge is -2.20. The summed E-state index contributed by atoms with van der Waals surface area (Å²) in [6.07, 6.45) is 1.34. The van der Waals surface area contributed by atoms with Gasteiger partial charge >= 0.3 is 0 Å². The standard InChI is InChI=1S/C11H21N3O3/c1-7(2)4-9(6-15)13-14-10(8(3)16)5-11(12)17/h6-7,9-10,13-14H,4-5H2,1-3H3,(H2,12,17)/t9-,10-/m0/s1. The molecule has 0 radical (unpaired) electrons. The van der Waals surface area contributed by atoms with E-state index in [0.717, 1.165) is 6.29 Å². The number of hydrogen-bond donors (Lipinski definition) is 3. The van der Waals surface area contributed by atoms with Gasteiger partial charge in [0.05, 0.1) is 18.5 Å². The molecule has 1 amide bonds. The Bertz CT molecular complexity index is 279. The second-order valence-corrected chi connectivity index (χ2v) is 4.49. The van der Waals surface area contributed by atoms with Crippen molar-refractivity contribution in [2.75, 3.05) is 0 Å². The monoisotopic (exact) mass is 243 g/mol. The number of rotatable bonds is 9. The molecule has 4 N–H and O–H groups in total. The van der Waals surface area contributed by atoms with Gasteiger partial charge in [0.2, 0.25) is 5.91 Å². The van der Waals surface area contributed by atoms with E-state index < -0.39 is 11.9 Å². The molecule has 17 heavy (non-hydrogen) atoms. The SMILES string of the molecule is CC(=O)[C@H](CC(N)=O)NN[C@H](C=O)CC(C)C. The third-order valence-electron chi connectivity index (χ3n) is 2.23. The Hall–Kier alpha value is -1.27. The summed E-state index contributed by atoms with van der Waals surface area (Å²) < 4.78 is 0. The molecule has 0 aliphatic heterocycles. The van der Waals surface area contributed by atoms with Gasteiger partial charge in [-0.3, -0.25) is 9.59 Å². The van der Waals surface area contributed by atoms with E-state index in [9.17, 15) is 14.4 Å². The molecule has 0 saturated heterocycles.